The zero-order chi connectivity index (χ0) is 6.85. The lowest BCUT2D eigenvalue weighted by Gasteiger charge is -2.02. The van der Waals surface area contributed by atoms with Gasteiger partial charge in [0.25, 0.3) is 0 Å². The average Bonchev–Trinajstić information content (AvgIpc) is 2.50. The molecule has 1 aliphatic rings. The molecule has 0 radical (unpaired) electrons. The molecule has 1 unspecified atom stereocenters. The van der Waals surface area contributed by atoms with Gasteiger partial charge in [-0.1, -0.05) is 6.92 Å². The SMILES string of the molecule is CC[C@H](C(=O)O)C1CO1. The van der Waals surface area contributed by atoms with Gasteiger partial charge in [-0.2, -0.15) is 0 Å². The Hall–Kier alpha value is -0.570. The van der Waals surface area contributed by atoms with Crippen molar-refractivity contribution in [1.29, 1.82) is 0 Å². The molecule has 0 spiro atoms. The number of aliphatic carboxylic acids is 1. The Bertz CT molecular complexity index is 117. The van der Waals surface area contributed by atoms with E-state index >= 15 is 0 Å². The van der Waals surface area contributed by atoms with E-state index in [1.54, 1.807) is 0 Å². The molecular weight excluding hydrogens is 120 g/mol. The third-order valence-electron chi connectivity index (χ3n) is 1.56. The van der Waals surface area contributed by atoms with Gasteiger partial charge in [0.1, 0.15) is 0 Å². The first-order valence-corrected chi connectivity index (χ1v) is 3.10. The van der Waals surface area contributed by atoms with Gasteiger partial charge in [-0.15, -0.1) is 0 Å². The third kappa shape index (κ3) is 1.42. The summed E-state index contributed by atoms with van der Waals surface area (Å²) < 4.78 is 4.84. The zero-order valence-electron chi connectivity index (χ0n) is 5.33. The highest BCUT2D eigenvalue weighted by Gasteiger charge is 2.36. The molecule has 0 amide bonds. The third-order valence-corrected chi connectivity index (χ3v) is 1.56. The van der Waals surface area contributed by atoms with E-state index in [2.05, 4.69) is 0 Å². The van der Waals surface area contributed by atoms with Crippen LogP contribution in [0.4, 0.5) is 0 Å². The molecule has 0 aromatic carbocycles. The summed E-state index contributed by atoms with van der Waals surface area (Å²) in [5, 5.41) is 8.50. The van der Waals surface area contributed by atoms with Crippen molar-refractivity contribution < 1.29 is 14.6 Å². The molecule has 3 nitrogen and oxygen atoms in total. The van der Waals surface area contributed by atoms with Crippen LogP contribution in [0.25, 0.3) is 0 Å². The Morgan fingerprint density at radius 2 is 2.56 bits per heavy atom. The van der Waals surface area contributed by atoms with Crippen LogP contribution in [-0.2, 0) is 9.53 Å². The Labute approximate surface area is 53.6 Å². The highest BCUT2D eigenvalue weighted by atomic mass is 16.6. The lowest BCUT2D eigenvalue weighted by molar-refractivity contribution is -0.142. The number of carboxylic acid groups (broad SMARTS) is 1. The number of carbonyl (C=O) groups is 1. The van der Waals surface area contributed by atoms with Gasteiger partial charge in [-0.25, -0.2) is 0 Å². The predicted octanol–water partition coefficient (Wildman–Crippen LogP) is 0.496. The molecule has 1 heterocycles. The fourth-order valence-electron chi connectivity index (χ4n) is 0.884. The quantitative estimate of drug-likeness (QED) is 0.566. The molecule has 1 N–H and O–H groups in total. The minimum absolute atomic E-state index is 0.00694. The summed E-state index contributed by atoms with van der Waals surface area (Å²) in [6.45, 7) is 2.49. The van der Waals surface area contributed by atoms with E-state index in [1.165, 1.54) is 0 Å². The first kappa shape index (κ1) is 6.55. The Morgan fingerprint density at radius 1 is 2.00 bits per heavy atom. The lowest BCUT2D eigenvalue weighted by atomic mass is 10.0. The largest absolute Gasteiger partial charge is 0.481 e. The van der Waals surface area contributed by atoms with Gasteiger partial charge in [-0.05, 0) is 6.42 Å². The molecule has 0 aromatic heterocycles. The van der Waals surface area contributed by atoms with Crippen LogP contribution in [0.2, 0.25) is 0 Å². The average molecular weight is 130 g/mol. The first-order valence-electron chi connectivity index (χ1n) is 3.10. The number of carboxylic acids is 1. The minimum Gasteiger partial charge on any atom is -0.481 e. The van der Waals surface area contributed by atoms with Crippen molar-refractivity contribution in [2.24, 2.45) is 5.92 Å². The maximum atomic E-state index is 10.3. The molecular formula is C6H10O3. The molecule has 52 valence electrons. The van der Waals surface area contributed by atoms with Crippen LogP contribution in [0.3, 0.4) is 0 Å². The number of epoxide rings is 1. The second kappa shape index (κ2) is 2.35. The van der Waals surface area contributed by atoms with Crippen LogP contribution in [0.1, 0.15) is 13.3 Å². The molecule has 1 aliphatic heterocycles. The zero-order valence-corrected chi connectivity index (χ0v) is 5.33. The summed E-state index contributed by atoms with van der Waals surface area (Å²) >= 11 is 0. The van der Waals surface area contributed by atoms with Crippen molar-refractivity contribution in [2.75, 3.05) is 6.61 Å². The van der Waals surface area contributed by atoms with Gasteiger partial charge in [0.05, 0.1) is 18.6 Å². The van der Waals surface area contributed by atoms with Crippen molar-refractivity contribution in [3.63, 3.8) is 0 Å². The van der Waals surface area contributed by atoms with Crippen LogP contribution in [0.15, 0.2) is 0 Å². The van der Waals surface area contributed by atoms with Gasteiger partial charge in [0.15, 0.2) is 0 Å². The molecule has 0 saturated carbocycles. The summed E-state index contributed by atoms with van der Waals surface area (Å²) in [5.41, 5.74) is 0. The van der Waals surface area contributed by atoms with E-state index in [0.29, 0.717) is 13.0 Å². The number of ether oxygens (including phenoxy) is 1. The van der Waals surface area contributed by atoms with Crippen molar-refractivity contribution in [3.8, 4) is 0 Å². The van der Waals surface area contributed by atoms with E-state index in [1.807, 2.05) is 6.92 Å². The van der Waals surface area contributed by atoms with Crippen LogP contribution < -0.4 is 0 Å². The van der Waals surface area contributed by atoms with Crippen LogP contribution >= 0.6 is 0 Å². The molecule has 1 saturated heterocycles. The Morgan fingerprint density at radius 3 is 2.67 bits per heavy atom. The standard InChI is InChI=1S/C6H10O3/c1-2-4(6(7)8)5-3-9-5/h4-5H,2-3H2,1H3,(H,7,8)/t4-,5?/m0/s1. The van der Waals surface area contributed by atoms with Crippen molar-refractivity contribution in [2.45, 2.75) is 19.4 Å². The van der Waals surface area contributed by atoms with Crippen molar-refractivity contribution in [1.82, 2.24) is 0 Å². The molecule has 1 fully saturated rings. The van der Waals surface area contributed by atoms with Gasteiger partial charge in [0, 0.05) is 0 Å². The molecule has 9 heavy (non-hydrogen) atoms. The maximum absolute atomic E-state index is 10.3. The molecule has 0 bridgehead atoms. The number of rotatable bonds is 3. The molecule has 0 aliphatic carbocycles. The van der Waals surface area contributed by atoms with Gasteiger partial charge in [-0.3, -0.25) is 4.79 Å². The highest BCUT2D eigenvalue weighted by Crippen LogP contribution is 2.22. The van der Waals surface area contributed by atoms with Crippen LogP contribution in [0, 0.1) is 5.92 Å². The van der Waals surface area contributed by atoms with Crippen LogP contribution in [0.5, 0.6) is 0 Å². The smallest absolute Gasteiger partial charge is 0.309 e. The van der Waals surface area contributed by atoms with E-state index in [0.717, 1.165) is 0 Å². The highest BCUT2D eigenvalue weighted by molar-refractivity contribution is 5.71. The van der Waals surface area contributed by atoms with E-state index in [4.69, 9.17) is 9.84 Å². The first-order chi connectivity index (χ1) is 4.25. The Balaban J connectivity index is 2.37. The molecule has 2 atom stereocenters. The van der Waals surface area contributed by atoms with Crippen molar-refractivity contribution >= 4 is 5.97 Å². The second-order valence-corrected chi connectivity index (χ2v) is 2.22. The molecule has 1 rings (SSSR count). The maximum Gasteiger partial charge on any atom is 0.309 e. The number of hydrogen-bond donors (Lipinski definition) is 1. The summed E-state index contributed by atoms with van der Waals surface area (Å²) in [4.78, 5) is 10.3. The summed E-state index contributed by atoms with van der Waals surface area (Å²) in [6, 6.07) is 0. The summed E-state index contributed by atoms with van der Waals surface area (Å²) in [7, 11) is 0. The van der Waals surface area contributed by atoms with Crippen molar-refractivity contribution in [3.05, 3.63) is 0 Å². The normalized spacial score (nSPS) is 27.4. The van der Waals surface area contributed by atoms with E-state index in [-0.39, 0.29) is 12.0 Å². The Kier molecular flexibility index (Phi) is 1.71. The fraction of sp³-hybridized carbons (Fsp3) is 0.833. The van der Waals surface area contributed by atoms with Gasteiger partial charge < -0.3 is 9.84 Å². The van der Waals surface area contributed by atoms with Gasteiger partial charge in [0.2, 0.25) is 0 Å². The van der Waals surface area contributed by atoms with E-state index in [9.17, 15) is 4.79 Å². The van der Waals surface area contributed by atoms with E-state index < -0.39 is 5.97 Å². The summed E-state index contributed by atoms with van der Waals surface area (Å²) in [6.07, 6.45) is 0.674. The van der Waals surface area contributed by atoms with Gasteiger partial charge >= 0.3 is 5.97 Å². The second-order valence-electron chi connectivity index (χ2n) is 2.22. The minimum atomic E-state index is -0.736. The monoisotopic (exact) mass is 130 g/mol. The molecule has 0 aromatic rings. The summed E-state index contributed by atoms with van der Waals surface area (Å²) in [5.74, 6) is -1.01. The molecule has 3 heteroatoms. The predicted molar refractivity (Wildman–Crippen MR) is 31.2 cm³/mol. The lowest BCUT2D eigenvalue weighted by Crippen LogP contribution is -2.18. The van der Waals surface area contributed by atoms with Crippen LogP contribution in [-0.4, -0.2) is 23.8 Å². The fourth-order valence-corrected chi connectivity index (χ4v) is 0.884. The topological polar surface area (TPSA) is 49.8 Å². The number of hydrogen-bond acceptors (Lipinski definition) is 2.